The van der Waals surface area contributed by atoms with Crippen LogP contribution in [0.5, 0.6) is 0 Å². The molecule has 1 rings (SSSR count). The largest absolute Gasteiger partial charge is 0.478 e. The number of rotatable bonds is 2. The van der Waals surface area contributed by atoms with Crippen molar-refractivity contribution in [2.75, 3.05) is 5.73 Å². The maximum Gasteiger partial charge on any atom is 0.328 e. The van der Waals surface area contributed by atoms with E-state index in [0.717, 1.165) is 11.6 Å². The molecule has 0 fully saturated rings. The van der Waals surface area contributed by atoms with Crippen molar-refractivity contribution in [2.24, 2.45) is 0 Å². The van der Waals surface area contributed by atoms with Gasteiger partial charge in [0.1, 0.15) is 0 Å². The minimum Gasteiger partial charge on any atom is -0.478 e. The molecule has 0 heterocycles. The van der Waals surface area contributed by atoms with Crippen LogP contribution in [0.4, 0.5) is 5.69 Å². The van der Waals surface area contributed by atoms with Crippen LogP contribution in [0.25, 0.3) is 6.08 Å². The van der Waals surface area contributed by atoms with E-state index in [1.807, 2.05) is 0 Å². The van der Waals surface area contributed by atoms with Crippen molar-refractivity contribution >= 4 is 17.7 Å². The number of anilines is 1. The molecule has 0 radical (unpaired) electrons. The molecular formula is C9H9NO2. The maximum atomic E-state index is 10.1. The third kappa shape index (κ3) is 2.46. The number of nitrogens with two attached hydrogens (primary N) is 1. The Morgan fingerprint density at radius 1 is 1.33 bits per heavy atom. The van der Waals surface area contributed by atoms with Crippen molar-refractivity contribution in [1.29, 1.82) is 0 Å². The first-order valence-corrected chi connectivity index (χ1v) is 3.45. The van der Waals surface area contributed by atoms with Gasteiger partial charge in [-0.2, -0.15) is 0 Å². The van der Waals surface area contributed by atoms with E-state index < -0.39 is 5.97 Å². The first-order chi connectivity index (χ1) is 5.68. The van der Waals surface area contributed by atoms with Gasteiger partial charge in [-0.25, -0.2) is 4.79 Å². The molecule has 0 amide bonds. The molecule has 1 aromatic carbocycles. The summed E-state index contributed by atoms with van der Waals surface area (Å²) in [4.78, 5) is 10.1. The summed E-state index contributed by atoms with van der Waals surface area (Å²) in [5.41, 5.74) is 6.94. The van der Waals surface area contributed by atoms with E-state index in [4.69, 9.17) is 10.8 Å². The van der Waals surface area contributed by atoms with Crippen LogP contribution in [-0.2, 0) is 4.79 Å². The summed E-state index contributed by atoms with van der Waals surface area (Å²) in [6.45, 7) is 0. The second kappa shape index (κ2) is 3.57. The molecule has 0 aliphatic carbocycles. The summed E-state index contributed by atoms with van der Waals surface area (Å²) in [7, 11) is 0. The zero-order valence-corrected chi connectivity index (χ0v) is 6.40. The van der Waals surface area contributed by atoms with Gasteiger partial charge in [-0.05, 0) is 23.8 Å². The van der Waals surface area contributed by atoms with Gasteiger partial charge in [-0.15, -0.1) is 0 Å². The zero-order chi connectivity index (χ0) is 8.97. The summed E-state index contributed by atoms with van der Waals surface area (Å²) in [6, 6.07) is 6.96. The number of carbonyl (C=O) groups is 1. The fourth-order valence-corrected chi connectivity index (χ4v) is 0.775. The van der Waals surface area contributed by atoms with Crippen LogP contribution in [0.15, 0.2) is 30.3 Å². The molecule has 0 spiro atoms. The summed E-state index contributed by atoms with van der Waals surface area (Å²) in [5, 5.41) is 8.32. The van der Waals surface area contributed by atoms with E-state index >= 15 is 0 Å². The molecular weight excluding hydrogens is 154 g/mol. The molecule has 0 atom stereocenters. The predicted molar refractivity (Wildman–Crippen MR) is 47.5 cm³/mol. The average Bonchev–Trinajstić information content (AvgIpc) is 2.03. The number of hydrogen-bond acceptors (Lipinski definition) is 2. The van der Waals surface area contributed by atoms with Crippen LogP contribution in [0.3, 0.4) is 0 Å². The van der Waals surface area contributed by atoms with Gasteiger partial charge in [0.05, 0.1) is 0 Å². The molecule has 0 aliphatic rings. The van der Waals surface area contributed by atoms with Crippen LogP contribution < -0.4 is 5.73 Å². The van der Waals surface area contributed by atoms with Crippen molar-refractivity contribution in [3.05, 3.63) is 35.9 Å². The van der Waals surface area contributed by atoms with Crippen molar-refractivity contribution in [3.63, 3.8) is 0 Å². The lowest BCUT2D eigenvalue weighted by atomic mass is 10.2. The molecule has 0 unspecified atom stereocenters. The lowest BCUT2D eigenvalue weighted by Crippen LogP contribution is -1.86. The topological polar surface area (TPSA) is 63.3 Å². The van der Waals surface area contributed by atoms with E-state index in [-0.39, 0.29) is 0 Å². The second-order valence-electron chi connectivity index (χ2n) is 2.34. The van der Waals surface area contributed by atoms with Gasteiger partial charge in [-0.1, -0.05) is 12.1 Å². The molecule has 0 bridgehead atoms. The summed E-state index contributed by atoms with van der Waals surface area (Å²) < 4.78 is 0. The van der Waals surface area contributed by atoms with Gasteiger partial charge in [0.25, 0.3) is 0 Å². The van der Waals surface area contributed by atoms with E-state index in [9.17, 15) is 4.79 Å². The van der Waals surface area contributed by atoms with Crippen molar-refractivity contribution in [1.82, 2.24) is 0 Å². The van der Waals surface area contributed by atoms with Crippen LogP contribution in [0.2, 0.25) is 0 Å². The third-order valence-electron chi connectivity index (χ3n) is 1.35. The Labute approximate surface area is 70.1 Å². The van der Waals surface area contributed by atoms with Gasteiger partial charge in [0, 0.05) is 11.8 Å². The molecule has 3 nitrogen and oxygen atoms in total. The Bertz CT molecular complexity index is 301. The van der Waals surface area contributed by atoms with Crippen molar-refractivity contribution < 1.29 is 9.90 Å². The number of carboxylic acid groups (broad SMARTS) is 1. The van der Waals surface area contributed by atoms with Crippen molar-refractivity contribution in [2.45, 2.75) is 0 Å². The van der Waals surface area contributed by atoms with E-state index in [2.05, 4.69) is 0 Å². The van der Waals surface area contributed by atoms with Gasteiger partial charge < -0.3 is 10.8 Å². The number of benzene rings is 1. The van der Waals surface area contributed by atoms with Gasteiger partial charge >= 0.3 is 5.97 Å². The second-order valence-corrected chi connectivity index (χ2v) is 2.34. The van der Waals surface area contributed by atoms with Crippen LogP contribution in [-0.4, -0.2) is 11.1 Å². The monoisotopic (exact) mass is 163 g/mol. The first kappa shape index (κ1) is 8.33. The van der Waals surface area contributed by atoms with E-state index in [0.29, 0.717) is 5.69 Å². The number of carboxylic acids is 1. The lowest BCUT2D eigenvalue weighted by molar-refractivity contribution is -0.131. The number of hydrogen-bond donors (Lipinski definition) is 2. The third-order valence-corrected chi connectivity index (χ3v) is 1.35. The molecule has 0 saturated carbocycles. The highest BCUT2D eigenvalue weighted by Gasteiger charge is 1.88. The highest BCUT2D eigenvalue weighted by molar-refractivity contribution is 5.85. The SMILES string of the molecule is Nc1ccc(/C=C\C(=O)O)cc1. The predicted octanol–water partition coefficient (Wildman–Crippen LogP) is 1.37. The standard InChI is InChI=1S/C9H9NO2/c10-8-4-1-7(2-5-8)3-6-9(11)12/h1-6H,10H2,(H,11,12)/b6-3-. The molecule has 1 aromatic rings. The molecule has 12 heavy (non-hydrogen) atoms. The summed E-state index contributed by atoms with van der Waals surface area (Å²) >= 11 is 0. The molecule has 0 aliphatic heterocycles. The fourth-order valence-electron chi connectivity index (χ4n) is 0.775. The number of aliphatic carboxylic acids is 1. The Morgan fingerprint density at radius 2 is 1.92 bits per heavy atom. The molecule has 0 aromatic heterocycles. The minimum atomic E-state index is -0.952. The van der Waals surface area contributed by atoms with Gasteiger partial charge in [-0.3, -0.25) is 0 Å². The van der Waals surface area contributed by atoms with Crippen LogP contribution >= 0.6 is 0 Å². The molecule has 0 saturated heterocycles. The Kier molecular flexibility index (Phi) is 2.48. The molecule has 3 N–H and O–H groups in total. The average molecular weight is 163 g/mol. The molecule has 3 heteroatoms. The van der Waals surface area contributed by atoms with Crippen LogP contribution in [0, 0.1) is 0 Å². The lowest BCUT2D eigenvalue weighted by Gasteiger charge is -1.92. The fraction of sp³-hybridized carbons (Fsp3) is 0. The van der Waals surface area contributed by atoms with Crippen LogP contribution in [0.1, 0.15) is 5.56 Å². The van der Waals surface area contributed by atoms with E-state index in [1.54, 1.807) is 24.3 Å². The molecule has 62 valence electrons. The van der Waals surface area contributed by atoms with Crippen molar-refractivity contribution in [3.8, 4) is 0 Å². The minimum absolute atomic E-state index is 0.669. The van der Waals surface area contributed by atoms with Gasteiger partial charge in [0.2, 0.25) is 0 Å². The Balaban J connectivity index is 2.77. The first-order valence-electron chi connectivity index (χ1n) is 3.45. The number of nitrogen functional groups attached to an aromatic ring is 1. The normalized spacial score (nSPS) is 10.3. The smallest absolute Gasteiger partial charge is 0.328 e. The van der Waals surface area contributed by atoms with Gasteiger partial charge in [0.15, 0.2) is 0 Å². The Hall–Kier alpha value is -1.77. The highest BCUT2D eigenvalue weighted by Crippen LogP contribution is 2.06. The quantitative estimate of drug-likeness (QED) is 0.511. The highest BCUT2D eigenvalue weighted by atomic mass is 16.4. The Morgan fingerprint density at radius 3 is 2.42 bits per heavy atom. The maximum absolute atomic E-state index is 10.1. The van der Waals surface area contributed by atoms with E-state index in [1.165, 1.54) is 6.08 Å². The summed E-state index contributed by atoms with van der Waals surface area (Å²) in [5.74, 6) is -0.952. The summed E-state index contributed by atoms with van der Waals surface area (Å²) in [6.07, 6.45) is 2.60. The zero-order valence-electron chi connectivity index (χ0n) is 6.40.